The monoisotopic (exact) mass is 322 g/mol. The van der Waals surface area contributed by atoms with Crippen LogP contribution >= 0.6 is 0 Å². The Hall–Kier alpha value is -1.82. The Labute approximate surface area is 137 Å². The van der Waals surface area contributed by atoms with Crippen LogP contribution in [0.25, 0.3) is 0 Å². The molecular weight excluding hydrogens is 296 g/mol. The molecule has 1 aromatic heterocycles. The molecule has 1 aromatic rings. The van der Waals surface area contributed by atoms with Gasteiger partial charge in [0, 0.05) is 25.4 Å². The molecule has 1 saturated heterocycles. The van der Waals surface area contributed by atoms with Gasteiger partial charge < -0.3 is 18.9 Å². The third-order valence-corrected chi connectivity index (χ3v) is 4.28. The summed E-state index contributed by atoms with van der Waals surface area (Å²) >= 11 is 0. The number of likely N-dealkylation sites (N-methyl/N-ethyl adjacent to an activating group) is 1. The van der Waals surface area contributed by atoms with Crippen molar-refractivity contribution in [3.63, 3.8) is 0 Å². The van der Waals surface area contributed by atoms with Crippen LogP contribution < -0.4 is 10.3 Å². The van der Waals surface area contributed by atoms with Crippen LogP contribution in [0.2, 0.25) is 0 Å². The van der Waals surface area contributed by atoms with Crippen molar-refractivity contribution in [3.8, 4) is 5.75 Å². The lowest BCUT2D eigenvalue weighted by atomic mass is 9.92. The summed E-state index contributed by atoms with van der Waals surface area (Å²) in [5, 5.41) is 0. The van der Waals surface area contributed by atoms with Gasteiger partial charge >= 0.3 is 0 Å². The number of hydrogen-bond donors (Lipinski definition) is 0. The van der Waals surface area contributed by atoms with Crippen LogP contribution in [-0.2, 0) is 16.1 Å². The minimum atomic E-state index is -0.285. The maximum Gasteiger partial charge on any atom is 0.293 e. The van der Waals surface area contributed by atoms with E-state index in [1.807, 2.05) is 25.7 Å². The summed E-state index contributed by atoms with van der Waals surface area (Å²) in [4.78, 5) is 26.7. The molecule has 128 valence electrons. The first-order chi connectivity index (χ1) is 10.9. The van der Waals surface area contributed by atoms with Gasteiger partial charge in [-0.05, 0) is 45.7 Å². The minimum absolute atomic E-state index is 0.0294. The summed E-state index contributed by atoms with van der Waals surface area (Å²) < 4.78 is 12.1. The Kier molecular flexibility index (Phi) is 5.46. The van der Waals surface area contributed by atoms with Crippen molar-refractivity contribution in [2.75, 3.05) is 20.3 Å². The van der Waals surface area contributed by atoms with E-state index in [4.69, 9.17) is 9.47 Å². The second-order valence-electron chi connectivity index (χ2n) is 6.44. The molecule has 0 radical (unpaired) electrons. The molecule has 1 amide bonds. The third-order valence-electron chi connectivity index (χ3n) is 4.28. The normalized spacial score (nSPS) is 20.1. The van der Waals surface area contributed by atoms with Crippen molar-refractivity contribution in [3.05, 3.63) is 28.7 Å². The zero-order chi connectivity index (χ0) is 17.0. The average molecular weight is 322 g/mol. The molecule has 0 bridgehead atoms. The highest BCUT2D eigenvalue weighted by Crippen LogP contribution is 2.27. The molecule has 0 aliphatic carbocycles. The summed E-state index contributed by atoms with van der Waals surface area (Å²) in [6, 6.07) is 3.46. The standard InChI is InChI=1S/C17H26N2O4/c1-5-19(13-8-10-23-17(2,3)11-13)15(20)12-18-9-6-7-14(22-4)16(18)21/h6-7,9,13H,5,8,10-12H2,1-4H3/t13-/m1/s1. The predicted molar refractivity (Wildman–Crippen MR) is 87.7 cm³/mol. The van der Waals surface area contributed by atoms with Crippen LogP contribution in [0.15, 0.2) is 23.1 Å². The lowest BCUT2D eigenvalue weighted by Gasteiger charge is -2.41. The van der Waals surface area contributed by atoms with Crippen LogP contribution in [0.4, 0.5) is 0 Å². The number of amides is 1. The van der Waals surface area contributed by atoms with E-state index in [0.29, 0.717) is 13.2 Å². The van der Waals surface area contributed by atoms with Crippen LogP contribution in [0.5, 0.6) is 5.75 Å². The maximum absolute atomic E-state index is 12.7. The summed E-state index contributed by atoms with van der Waals surface area (Å²) in [6.07, 6.45) is 3.25. The van der Waals surface area contributed by atoms with E-state index in [9.17, 15) is 9.59 Å². The van der Waals surface area contributed by atoms with E-state index in [1.165, 1.54) is 11.7 Å². The van der Waals surface area contributed by atoms with E-state index in [-0.39, 0.29) is 35.4 Å². The second-order valence-corrected chi connectivity index (χ2v) is 6.44. The zero-order valence-electron chi connectivity index (χ0n) is 14.4. The Morgan fingerprint density at radius 2 is 2.26 bits per heavy atom. The lowest BCUT2D eigenvalue weighted by Crippen LogP contribution is -2.49. The molecule has 23 heavy (non-hydrogen) atoms. The number of nitrogens with zero attached hydrogens (tertiary/aromatic N) is 2. The molecule has 2 rings (SSSR count). The van der Waals surface area contributed by atoms with Crippen molar-refractivity contribution < 1.29 is 14.3 Å². The summed E-state index contributed by atoms with van der Waals surface area (Å²) in [5.74, 6) is 0.195. The Morgan fingerprint density at radius 1 is 1.52 bits per heavy atom. The second kappa shape index (κ2) is 7.17. The topological polar surface area (TPSA) is 60.8 Å². The SMILES string of the molecule is CCN(C(=O)Cn1cccc(OC)c1=O)[C@@H]1CCOC(C)(C)C1. The van der Waals surface area contributed by atoms with Crippen molar-refractivity contribution in [1.29, 1.82) is 0 Å². The summed E-state index contributed by atoms with van der Waals surface area (Å²) in [6.45, 7) is 7.36. The van der Waals surface area contributed by atoms with Crippen LogP contribution in [0.3, 0.4) is 0 Å². The van der Waals surface area contributed by atoms with Gasteiger partial charge in [-0.3, -0.25) is 9.59 Å². The number of rotatable bonds is 5. The molecule has 0 saturated carbocycles. The van der Waals surface area contributed by atoms with E-state index in [2.05, 4.69) is 0 Å². The fourth-order valence-corrected chi connectivity index (χ4v) is 3.14. The van der Waals surface area contributed by atoms with Crippen molar-refractivity contribution >= 4 is 5.91 Å². The van der Waals surface area contributed by atoms with Gasteiger partial charge in [0.1, 0.15) is 6.54 Å². The molecule has 1 aliphatic heterocycles. The van der Waals surface area contributed by atoms with Crippen molar-refractivity contribution in [2.24, 2.45) is 0 Å². The van der Waals surface area contributed by atoms with Crippen LogP contribution in [-0.4, -0.2) is 47.3 Å². The molecule has 1 atom stereocenters. The maximum atomic E-state index is 12.7. The third kappa shape index (κ3) is 4.13. The van der Waals surface area contributed by atoms with E-state index >= 15 is 0 Å². The smallest absolute Gasteiger partial charge is 0.293 e. The van der Waals surface area contributed by atoms with Crippen molar-refractivity contribution in [2.45, 2.75) is 51.8 Å². The molecule has 2 heterocycles. The Bertz CT molecular complexity index is 609. The molecule has 0 spiro atoms. The first-order valence-electron chi connectivity index (χ1n) is 8.05. The highest BCUT2D eigenvalue weighted by atomic mass is 16.5. The molecule has 6 heteroatoms. The summed E-state index contributed by atoms with van der Waals surface area (Å²) in [5.41, 5.74) is -0.504. The number of ether oxygens (including phenoxy) is 2. The fourth-order valence-electron chi connectivity index (χ4n) is 3.14. The largest absolute Gasteiger partial charge is 0.491 e. The Balaban J connectivity index is 2.13. The van der Waals surface area contributed by atoms with Gasteiger partial charge in [-0.1, -0.05) is 0 Å². The molecule has 0 unspecified atom stereocenters. The predicted octanol–water partition coefficient (Wildman–Crippen LogP) is 1.66. The van der Waals surface area contributed by atoms with Gasteiger partial charge in [0.2, 0.25) is 5.91 Å². The molecule has 1 fully saturated rings. The van der Waals surface area contributed by atoms with E-state index in [0.717, 1.165) is 12.8 Å². The highest BCUT2D eigenvalue weighted by Gasteiger charge is 2.33. The fraction of sp³-hybridized carbons (Fsp3) is 0.647. The molecular formula is C17H26N2O4. The highest BCUT2D eigenvalue weighted by molar-refractivity contribution is 5.76. The average Bonchev–Trinajstić information content (AvgIpc) is 2.49. The van der Waals surface area contributed by atoms with Crippen LogP contribution in [0, 0.1) is 0 Å². The molecule has 6 nitrogen and oxygen atoms in total. The van der Waals surface area contributed by atoms with Gasteiger partial charge in [0.25, 0.3) is 5.56 Å². The van der Waals surface area contributed by atoms with Gasteiger partial charge in [-0.2, -0.15) is 0 Å². The number of carbonyl (C=O) groups is 1. The number of hydrogen-bond acceptors (Lipinski definition) is 4. The first-order valence-corrected chi connectivity index (χ1v) is 8.05. The summed E-state index contributed by atoms with van der Waals surface area (Å²) in [7, 11) is 1.45. The van der Waals surface area contributed by atoms with Gasteiger partial charge in [-0.15, -0.1) is 0 Å². The van der Waals surface area contributed by atoms with Gasteiger partial charge in [0.05, 0.1) is 12.7 Å². The van der Waals surface area contributed by atoms with Crippen molar-refractivity contribution in [1.82, 2.24) is 9.47 Å². The van der Waals surface area contributed by atoms with E-state index in [1.54, 1.807) is 18.3 Å². The first kappa shape index (κ1) is 17.5. The van der Waals surface area contributed by atoms with E-state index < -0.39 is 0 Å². The minimum Gasteiger partial charge on any atom is -0.491 e. The number of carbonyl (C=O) groups excluding carboxylic acids is 1. The number of aromatic nitrogens is 1. The van der Waals surface area contributed by atoms with Gasteiger partial charge in [-0.25, -0.2) is 0 Å². The quantitative estimate of drug-likeness (QED) is 0.827. The Morgan fingerprint density at radius 3 is 2.87 bits per heavy atom. The number of methoxy groups -OCH3 is 1. The van der Waals surface area contributed by atoms with Crippen LogP contribution in [0.1, 0.15) is 33.6 Å². The number of pyridine rings is 1. The lowest BCUT2D eigenvalue weighted by molar-refractivity contribution is -0.140. The molecule has 1 aliphatic rings. The zero-order valence-corrected chi connectivity index (χ0v) is 14.4. The molecule has 0 aromatic carbocycles. The van der Waals surface area contributed by atoms with Gasteiger partial charge in [0.15, 0.2) is 5.75 Å². The molecule has 0 N–H and O–H groups in total.